The molecule has 0 radical (unpaired) electrons. The monoisotopic (exact) mass is 319 g/mol. The molecule has 1 aromatic carbocycles. The van der Waals surface area contributed by atoms with Crippen LogP contribution in [0.1, 0.15) is 5.69 Å². The highest BCUT2D eigenvalue weighted by atomic mass is 32.2. The van der Waals surface area contributed by atoms with Gasteiger partial charge in [-0.05, 0) is 31.2 Å². The van der Waals surface area contributed by atoms with E-state index in [9.17, 15) is 17.2 Å². The SMILES string of the molecule is Cc1[nH]ncc1S(=O)(=O)Nc1ccc(SC(F)F)cc1. The number of sulfonamides is 1. The summed E-state index contributed by atoms with van der Waals surface area (Å²) in [7, 11) is -3.74. The van der Waals surface area contributed by atoms with Crippen molar-refractivity contribution in [1.29, 1.82) is 0 Å². The number of benzene rings is 1. The number of aromatic amines is 1. The maximum absolute atomic E-state index is 12.2. The first-order valence-corrected chi connectivity index (χ1v) is 7.82. The average molecular weight is 319 g/mol. The van der Waals surface area contributed by atoms with E-state index in [1.807, 2.05) is 0 Å². The van der Waals surface area contributed by atoms with Crippen LogP contribution in [0.4, 0.5) is 14.5 Å². The molecule has 2 N–H and O–H groups in total. The van der Waals surface area contributed by atoms with Crippen molar-refractivity contribution in [3.63, 3.8) is 0 Å². The van der Waals surface area contributed by atoms with Crippen molar-refractivity contribution >= 4 is 27.5 Å². The van der Waals surface area contributed by atoms with E-state index < -0.39 is 15.8 Å². The summed E-state index contributed by atoms with van der Waals surface area (Å²) in [5, 5.41) is 6.18. The summed E-state index contributed by atoms with van der Waals surface area (Å²) >= 11 is 0.400. The van der Waals surface area contributed by atoms with E-state index >= 15 is 0 Å². The Morgan fingerprint density at radius 2 is 1.95 bits per heavy atom. The van der Waals surface area contributed by atoms with Gasteiger partial charge in [-0.25, -0.2) is 8.42 Å². The molecule has 2 rings (SSSR count). The van der Waals surface area contributed by atoms with Gasteiger partial charge in [0, 0.05) is 10.6 Å². The zero-order valence-electron chi connectivity index (χ0n) is 10.3. The molecule has 0 saturated heterocycles. The fourth-order valence-electron chi connectivity index (χ4n) is 1.53. The minimum Gasteiger partial charge on any atom is -0.281 e. The van der Waals surface area contributed by atoms with Gasteiger partial charge >= 0.3 is 0 Å². The van der Waals surface area contributed by atoms with E-state index in [2.05, 4.69) is 14.9 Å². The van der Waals surface area contributed by atoms with E-state index in [4.69, 9.17) is 0 Å². The van der Waals surface area contributed by atoms with Crippen LogP contribution in [0, 0.1) is 6.92 Å². The summed E-state index contributed by atoms with van der Waals surface area (Å²) in [5.74, 6) is -2.51. The van der Waals surface area contributed by atoms with Crippen LogP contribution in [-0.4, -0.2) is 24.4 Å². The zero-order valence-corrected chi connectivity index (χ0v) is 11.9. The number of alkyl halides is 2. The molecule has 0 amide bonds. The van der Waals surface area contributed by atoms with E-state index in [0.717, 1.165) is 0 Å². The summed E-state index contributed by atoms with van der Waals surface area (Å²) in [6, 6.07) is 5.71. The molecule has 5 nitrogen and oxygen atoms in total. The van der Waals surface area contributed by atoms with Crippen molar-refractivity contribution in [2.75, 3.05) is 4.72 Å². The molecule has 108 valence electrons. The lowest BCUT2D eigenvalue weighted by Crippen LogP contribution is -2.13. The van der Waals surface area contributed by atoms with Crippen molar-refractivity contribution in [3.8, 4) is 0 Å². The van der Waals surface area contributed by atoms with Gasteiger partial charge in [0.2, 0.25) is 0 Å². The predicted molar refractivity (Wildman–Crippen MR) is 72.4 cm³/mol. The zero-order chi connectivity index (χ0) is 14.8. The molecule has 0 bridgehead atoms. The largest absolute Gasteiger partial charge is 0.288 e. The van der Waals surface area contributed by atoms with Gasteiger partial charge in [0.15, 0.2) is 0 Å². The number of thioether (sulfide) groups is 1. The Morgan fingerprint density at radius 3 is 2.45 bits per heavy atom. The van der Waals surface area contributed by atoms with Crippen molar-refractivity contribution in [2.24, 2.45) is 0 Å². The number of hydrogen-bond acceptors (Lipinski definition) is 4. The van der Waals surface area contributed by atoms with Gasteiger partial charge in [-0.15, -0.1) is 0 Å². The fourth-order valence-corrected chi connectivity index (χ4v) is 3.22. The molecule has 1 aromatic heterocycles. The lowest BCUT2D eigenvalue weighted by atomic mass is 10.3. The van der Waals surface area contributed by atoms with Crippen molar-refractivity contribution in [2.45, 2.75) is 22.5 Å². The minimum atomic E-state index is -3.74. The molecule has 20 heavy (non-hydrogen) atoms. The van der Waals surface area contributed by atoms with Gasteiger partial charge in [0.05, 0.1) is 11.9 Å². The molecule has 1 heterocycles. The molecule has 0 fully saturated rings. The molecule has 9 heteroatoms. The van der Waals surface area contributed by atoms with Gasteiger partial charge in [-0.1, -0.05) is 11.8 Å². The maximum atomic E-state index is 12.2. The van der Waals surface area contributed by atoms with E-state index in [1.54, 1.807) is 6.92 Å². The third-order valence-electron chi connectivity index (χ3n) is 2.40. The number of rotatable bonds is 5. The molecule has 0 aliphatic rings. The van der Waals surface area contributed by atoms with Crippen LogP contribution in [0.25, 0.3) is 0 Å². The van der Waals surface area contributed by atoms with Gasteiger partial charge in [0.25, 0.3) is 15.8 Å². The lowest BCUT2D eigenvalue weighted by molar-refractivity contribution is 0.252. The number of hydrogen-bond donors (Lipinski definition) is 2. The van der Waals surface area contributed by atoms with Gasteiger partial charge < -0.3 is 0 Å². The first kappa shape index (κ1) is 14.8. The normalized spacial score (nSPS) is 11.8. The van der Waals surface area contributed by atoms with Crippen LogP contribution >= 0.6 is 11.8 Å². The lowest BCUT2D eigenvalue weighted by Gasteiger charge is -2.08. The third kappa shape index (κ3) is 3.48. The van der Waals surface area contributed by atoms with Crippen LogP contribution in [0.5, 0.6) is 0 Å². The number of halogens is 2. The molecule has 0 saturated carbocycles. The van der Waals surface area contributed by atoms with Crippen molar-refractivity contribution in [1.82, 2.24) is 10.2 Å². The number of anilines is 1. The summed E-state index contributed by atoms with van der Waals surface area (Å²) in [6.45, 7) is 1.59. The number of nitrogens with one attached hydrogen (secondary N) is 2. The Hall–Kier alpha value is -1.61. The highest BCUT2D eigenvalue weighted by molar-refractivity contribution is 7.99. The smallest absolute Gasteiger partial charge is 0.281 e. The maximum Gasteiger partial charge on any atom is 0.288 e. The third-order valence-corrected chi connectivity index (χ3v) is 4.62. The predicted octanol–water partition coefficient (Wildman–Crippen LogP) is 2.83. The van der Waals surface area contributed by atoms with E-state index in [-0.39, 0.29) is 4.90 Å². The van der Waals surface area contributed by atoms with Crippen molar-refractivity contribution in [3.05, 3.63) is 36.2 Å². The highest BCUT2D eigenvalue weighted by Gasteiger charge is 2.18. The van der Waals surface area contributed by atoms with Crippen LogP contribution in [-0.2, 0) is 10.0 Å². The van der Waals surface area contributed by atoms with Crippen LogP contribution in [0.2, 0.25) is 0 Å². The summed E-state index contributed by atoms with van der Waals surface area (Å²) in [4.78, 5) is 0.408. The quantitative estimate of drug-likeness (QED) is 0.831. The van der Waals surface area contributed by atoms with Gasteiger partial charge in [-0.2, -0.15) is 13.9 Å². The van der Waals surface area contributed by atoms with Crippen LogP contribution in [0.3, 0.4) is 0 Å². The molecule has 0 aliphatic carbocycles. The fraction of sp³-hybridized carbons (Fsp3) is 0.182. The number of aryl methyl sites for hydroxylation is 1. The van der Waals surface area contributed by atoms with E-state index in [1.165, 1.54) is 30.5 Å². The second-order valence-electron chi connectivity index (χ2n) is 3.87. The summed E-state index contributed by atoms with van der Waals surface area (Å²) < 4.78 is 50.8. The number of aromatic nitrogens is 2. The second kappa shape index (κ2) is 5.80. The highest BCUT2D eigenvalue weighted by Crippen LogP contribution is 2.27. The number of nitrogens with zero attached hydrogens (tertiary/aromatic N) is 1. The molecule has 0 spiro atoms. The van der Waals surface area contributed by atoms with Crippen LogP contribution < -0.4 is 4.72 Å². The van der Waals surface area contributed by atoms with Crippen LogP contribution in [0.15, 0.2) is 40.3 Å². The Labute approximate surface area is 118 Å². The molecule has 0 unspecified atom stereocenters. The topological polar surface area (TPSA) is 74.8 Å². The summed E-state index contributed by atoms with van der Waals surface area (Å²) in [5.41, 5.74) is 0.714. The molecule has 0 aliphatic heterocycles. The standard InChI is InChI=1S/C11H11F2N3O2S2/c1-7-10(6-14-15-7)20(17,18)16-8-2-4-9(5-3-8)19-11(12)13/h2-6,11,16H,1H3,(H,14,15). The minimum absolute atomic E-state index is 0.0449. The molecule has 0 atom stereocenters. The first-order valence-electron chi connectivity index (χ1n) is 5.46. The van der Waals surface area contributed by atoms with Gasteiger partial charge in [-0.3, -0.25) is 9.82 Å². The molecular formula is C11H11F2N3O2S2. The summed E-state index contributed by atoms with van der Waals surface area (Å²) in [6.07, 6.45) is 1.21. The number of H-pyrrole nitrogens is 1. The first-order chi connectivity index (χ1) is 9.38. The van der Waals surface area contributed by atoms with Gasteiger partial charge in [0.1, 0.15) is 4.90 Å². The Kier molecular flexibility index (Phi) is 4.29. The molecule has 2 aromatic rings. The Bertz CT molecular complexity index is 684. The van der Waals surface area contributed by atoms with Crippen molar-refractivity contribution < 1.29 is 17.2 Å². The Balaban J connectivity index is 2.16. The average Bonchev–Trinajstić information content (AvgIpc) is 2.78. The Morgan fingerprint density at radius 1 is 1.30 bits per heavy atom. The molecular weight excluding hydrogens is 308 g/mol. The van der Waals surface area contributed by atoms with E-state index in [0.29, 0.717) is 28.0 Å². The second-order valence-corrected chi connectivity index (χ2v) is 6.58.